The molecular formula is C14H11BrN4OS. The minimum absolute atomic E-state index is 0.239. The van der Waals surface area contributed by atoms with Crippen molar-refractivity contribution in [2.75, 3.05) is 11.1 Å². The quantitative estimate of drug-likeness (QED) is 0.729. The fourth-order valence-corrected chi connectivity index (χ4v) is 3.26. The summed E-state index contributed by atoms with van der Waals surface area (Å²) in [5, 5.41) is 11.4. The molecule has 3 rings (SSSR count). The highest BCUT2D eigenvalue weighted by atomic mass is 79.9. The number of carbonyl (C=O) groups excluding carboxylic acids is 1. The predicted molar refractivity (Wildman–Crippen MR) is 88.7 cm³/mol. The van der Waals surface area contributed by atoms with Crippen LogP contribution in [-0.4, -0.2) is 16.1 Å². The van der Waals surface area contributed by atoms with E-state index in [-0.39, 0.29) is 5.91 Å². The Balaban J connectivity index is 1.97. The van der Waals surface area contributed by atoms with Crippen molar-refractivity contribution in [2.24, 2.45) is 0 Å². The van der Waals surface area contributed by atoms with E-state index in [9.17, 15) is 4.79 Å². The molecule has 0 aliphatic rings. The Morgan fingerprint density at radius 3 is 2.95 bits per heavy atom. The van der Waals surface area contributed by atoms with Gasteiger partial charge in [-0.25, -0.2) is 0 Å². The van der Waals surface area contributed by atoms with E-state index in [0.717, 1.165) is 21.1 Å². The van der Waals surface area contributed by atoms with Crippen LogP contribution in [0.1, 0.15) is 15.2 Å². The molecule has 5 nitrogen and oxygen atoms in total. The van der Waals surface area contributed by atoms with Crippen LogP contribution in [0.5, 0.6) is 0 Å². The minimum atomic E-state index is -0.239. The first-order chi connectivity index (χ1) is 10.1. The molecule has 106 valence electrons. The van der Waals surface area contributed by atoms with Gasteiger partial charge in [-0.1, -0.05) is 22.0 Å². The molecule has 2 aromatic heterocycles. The lowest BCUT2D eigenvalue weighted by Crippen LogP contribution is -2.12. The molecule has 2 heterocycles. The number of nitrogens with zero attached hydrogens (tertiary/aromatic N) is 2. The van der Waals surface area contributed by atoms with Gasteiger partial charge in [0.2, 0.25) is 0 Å². The zero-order chi connectivity index (χ0) is 15.0. The number of halogens is 1. The first-order valence-corrected chi connectivity index (χ1v) is 7.75. The van der Waals surface area contributed by atoms with Crippen LogP contribution in [0.15, 0.2) is 34.9 Å². The Labute approximate surface area is 133 Å². The lowest BCUT2D eigenvalue weighted by molar-refractivity contribution is 0.103. The topological polar surface area (TPSA) is 80.9 Å². The number of thiophene rings is 1. The van der Waals surface area contributed by atoms with E-state index in [0.29, 0.717) is 15.4 Å². The summed E-state index contributed by atoms with van der Waals surface area (Å²) in [7, 11) is 0. The van der Waals surface area contributed by atoms with Crippen LogP contribution >= 0.6 is 27.3 Å². The number of hydrogen-bond acceptors (Lipinski definition) is 5. The third kappa shape index (κ3) is 2.50. The van der Waals surface area contributed by atoms with Gasteiger partial charge in [0.25, 0.3) is 5.91 Å². The number of carbonyl (C=O) groups is 1. The number of benzene rings is 1. The van der Waals surface area contributed by atoms with E-state index < -0.39 is 0 Å². The van der Waals surface area contributed by atoms with E-state index >= 15 is 0 Å². The van der Waals surface area contributed by atoms with Gasteiger partial charge < -0.3 is 11.1 Å². The van der Waals surface area contributed by atoms with Crippen molar-refractivity contribution in [2.45, 2.75) is 6.92 Å². The maximum absolute atomic E-state index is 12.4. The molecule has 7 heteroatoms. The molecule has 0 fully saturated rings. The number of nitrogen functional groups attached to an aromatic ring is 1. The number of hydrogen-bond donors (Lipinski definition) is 2. The van der Waals surface area contributed by atoms with Gasteiger partial charge in [0, 0.05) is 15.5 Å². The van der Waals surface area contributed by atoms with E-state index in [1.54, 1.807) is 12.3 Å². The molecule has 3 aromatic rings. The number of anilines is 2. The van der Waals surface area contributed by atoms with E-state index in [1.807, 2.05) is 25.1 Å². The average Bonchev–Trinajstić information content (AvgIpc) is 2.82. The molecule has 21 heavy (non-hydrogen) atoms. The third-order valence-corrected chi connectivity index (χ3v) is 5.11. The van der Waals surface area contributed by atoms with Crippen LogP contribution in [0.25, 0.3) is 10.2 Å². The highest BCUT2D eigenvalue weighted by Gasteiger charge is 2.18. The summed E-state index contributed by atoms with van der Waals surface area (Å²) >= 11 is 4.68. The second-order valence-electron chi connectivity index (χ2n) is 4.46. The van der Waals surface area contributed by atoms with E-state index in [2.05, 4.69) is 31.4 Å². The first kappa shape index (κ1) is 14.0. The molecule has 0 saturated heterocycles. The third-order valence-electron chi connectivity index (χ3n) is 3.14. The normalized spacial score (nSPS) is 10.8. The fourth-order valence-electron chi connectivity index (χ4n) is 1.96. The molecule has 0 bridgehead atoms. The molecule has 0 aliphatic heterocycles. The average molecular weight is 363 g/mol. The Hall–Kier alpha value is -1.99. The highest BCUT2D eigenvalue weighted by Crippen LogP contribution is 2.32. The molecule has 0 radical (unpaired) electrons. The van der Waals surface area contributed by atoms with Crippen LogP contribution in [0.3, 0.4) is 0 Å². The maximum atomic E-state index is 12.4. The minimum Gasteiger partial charge on any atom is -0.397 e. The number of nitrogens with one attached hydrogen (secondary N) is 1. The summed E-state index contributed by atoms with van der Waals surface area (Å²) in [6.45, 7) is 1.93. The van der Waals surface area contributed by atoms with E-state index in [4.69, 9.17) is 5.73 Å². The lowest BCUT2D eigenvalue weighted by Gasteiger charge is -2.09. The molecular weight excluding hydrogens is 352 g/mol. The molecule has 0 spiro atoms. The monoisotopic (exact) mass is 362 g/mol. The van der Waals surface area contributed by atoms with Gasteiger partial charge >= 0.3 is 0 Å². The molecule has 3 N–H and O–H groups in total. The van der Waals surface area contributed by atoms with Crippen LogP contribution in [0.2, 0.25) is 0 Å². The summed E-state index contributed by atoms with van der Waals surface area (Å²) in [5.74, 6) is -0.239. The zero-order valence-corrected chi connectivity index (χ0v) is 13.5. The number of fused-ring (bicyclic) bond motifs is 1. The van der Waals surface area contributed by atoms with Crippen molar-refractivity contribution in [3.8, 4) is 0 Å². The summed E-state index contributed by atoms with van der Waals surface area (Å²) in [6, 6.07) is 7.40. The van der Waals surface area contributed by atoms with Crippen molar-refractivity contribution in [1.82, 2.24) is 10.2 Å². The summed E-state index contributed by atoms with van der Waals surface area (Å²) in [4.78, 5) is 13.5. The smallest absolute Gasteiger partial charge is 0.267 e. The number of nitrogens with two attached hydrogens (primary N) is 1. The van der Waals surface area contributed by atoms with Crippen molar-refractivity contribution in [3.05, 3.63) is 45.4 Å². The summed E-state index contributed by atoms with van der Waals surface area (Å²) in [5.41, 5.74) is 8.18. The Morgan fingerprint density at radius 2 is 2.19 bits per heavy atom. The zero-order valence-electron chi connectivity index (χ0n) is 11.1. The van der Waals surface area contributed by atoms with Crippen molar-refractivity contribution in [1.29, 1.82) is 0 Å². The van der Waals surface area contributed by atoms with Gasteiger partial charge in [0.15, 0.2) is 0 Å². The van der Waals surface area contributed by atoms with Crippen molar-refractivity contribution in [3.63, 3.8) is 0 Å². The highest BCUT2D eigenvalue weighted by molar-refractivity contribution is 9.10. The summed E-state index contributed by atoms with van der Waals surface area (Å²) < 4.78 is 0.940. The lowest BCUT2D eigenvalue weighted by atomic mass is 10.2. The number of rotatable bonds is 2. The fraction of sp³-hybridized carbons (Fsp3) is 0.0714. The van der Waals surface area contributed by atoms with Crippen molar-refractivity contribution >= 4 is 54.8 Å². The van der Waals surface area contributed by atoms with Crippen LogP contribution < -0.4 is 11.1 Å². The Kier molecular flexibility index (Phi) is 3.60. The Bertz CT molecular complexity index is 846. The van der Waals surface area contributed by atoms with Gasteiger partial charge in [-0.3, -0.25) is 4.79 Å². The standard InChI is InChI=1S/C14H11BrN4OS/c1-7-9(15)3-2-4-10(7)18-13(20)12-11(16)8-5-6-17-19-14(8)21-12/h2-6H,16H2,1H3,(H,18,20). The van der Waals surface area contributed by atoms with Crippen LogP contribution in [0.4, 0.5) is 11.4 Å². The van der Waals surface area contributed by atoms with Gasteiger partial charge in [0.1, 0.15) is 9.71 Å². The SMILES string of the molecule is Cc1c(Br)cccc1NC(=O)c1sc2nnccc2c1N. The second-order valence-corrected chi connectivity index (χ2v) is 6.31. The second kappa shape index (κ2) is 5.42. The maximum Gasteiger partial charge on any atom is 0.267 e. The molecule has 1 amide bonds. The van der Waals surface area contributed by atoms with E-state index in [1.165, 1.54) is 11.3 Å². The first-order valence-electron chi connectivity index (χ1n) is 6.14. The molecule has 0 unspecified atom stereocenters. The van der Waals surface area contributed by atoms with Crippen LogP contribution in [-0.2, 0) is 0 Å². The van der Waals surface area contributed by atoms with Gasteiger partial charge in [-0.15, -0.1) is 16.4 Å². The summed E-state index contributed by atoms with van der Waals surface area (Å²) in [6.07, 6.45) is 1.56. The molecule has 0 atom stereocenters. The van der Waals surface area contributed by atoms with Gasteiger partial charge in [-0.05, 0) is 30.7 Å². The molecule has 0 aliphatic carbocycles. The van der Waals surface area contributed by atoms with Crippen LogP contribution in [0, 0.1) is 6.92 Å². The van der Waals surface area contributed by atoms with Crippen molar-refractivity contribution < 1.29 is 4.79 Å². The number of aromatic nitrogens is 2. The van der Waals surface area contributed by atoms with Gasteiger partial charge in [-0.2, -0.15) is 5.10 Å². The largest absolute Gasteiger partial charge is 0.397 e. The van der Waals surface area contributed by atoms with Gasteiger partial charge in [0.05, 0.1) is 11.9 Å². The predicted octanol–water partition coefficient (Wildman–Crippen LogP) is 3.60. The number of amides is 1. The molecule has 0 saturated carbocycles. The Morgan fingerprint density at radius 1 is 1.38 bits per heavy atom. The molecule has 1 aromatic carbocycles.